The molecule has 0 aliphatic heterocycles. The lowest BCUT2D eigenvalue weighted by Crippen LogP contribution is -2.22. The van der Waals surface area contributed by atoms with E-state index in [4.69, 9.17) is 0 Å². The Kier molecular flexibility index (Phi) is 5.96. The van der Waals surface area contributed by atoms with E-state index >= 15 is 0 Å². The minimum Gasteiger partial charge on any atom is -0.305 e. The van der Waals surface area contributed by atoms with Gasteiger partial charge < -0.3 is 5.32 Å². The molecule has 0 aliphatic carbocycles. The highest BCUT2D eigenvalue weighted by Crippen LogP contribution is 2.11. The fourth-order valence-electron chi connectivity index (χ4n) is 2.36. The van der Waals surface area contributed by atoms with E-state index < -0.39 is 0 Å². The molecule has 0 aliphatic rings. The van der Waals surface area contributed by atoms with Gasteiger partial charge in [-0.2, -0.15) is 5.10 Å². The molecule has 114 valence electrons. The third-order valence-electron chi connectivity index (χ3n) is 3.92. The summed E-state index contributed by atoms with van der Waals surface area (Å²) in [5.41, 5.74) is 3.81. The van der Waals surface area contributed by atoms with Crippen molar-refractivity contribution in [2.24, 2.45) is 0 Å². The molecule has 0 spiro atoms. The van der Waals surface area contributed by atoms with Crippen LogP contribution in [0.25, 0.3) is 0 Å². The Labute approximate surface area is 127 Å². The topological polar surface area (TPSA) is 44.0 Å². The van der Waals surface area contributed by atoms with Crippen molar-refractivity contribution in [2.45, 2.75) is 39.9 Å². The molecule has 0 fully saturated rings. The summed E-state index contributed by atoms with van der Waals surface area (Å²) >= 11 is 0. The number of aromatic amines is 1. The lowest BCUT2D eigenvalue weighted by Gasteiger charge is -2.18. The van der Waals surface area contributed by atoms with Crippen LogP contribution in [0.15, 0.2) is 36.5 Å². The Morgan fingerprint density at radius 3 is 2.33 bits per heavy atom. The van der Waals surface area contributed by atoms with E-state index in [9.17, 15) is 0 Å². The molecule has 1 heterocycles. The Hall–Kier alpha value is -1.65. The number of rotatable bonds is 8. The van der Waals surface area contributed by atoms with Crippen LogP contribution in [0.1, 0.15) is 43.6 Å². The summed E-state index contributed by atoms with van der Waals surface area (Å²) in [6, 6.07) is 11.2. The zero-order valence-corrected chi connectivity index (χ0v) is 13.3. The van der Waals surface area contributed by atoms with Gasteiger partial charge in [-0.15, -0.1) is 0 Å². The SMILES string of the molecule is CCN(CC)Cc1ccc(CNC(C)c2ccn[nH]2)cc1. The summed E-state index contributed by atoms with van der Waals surface area (Å²) in [5, 5.41) is 10.5. The molecule has 21 heavy (non-hydrogen) atoms. The smallest absolute Gasteiger partial charge is 0.0518 e. The normalized spacial score (nSPS) is 12.8. The van der Waals surface area contributed by atoms with Crippen LogP contribution in [-0.4, -0.2) is 28.2 Å². The van der Waals surface area contributed by atoms with Gasteiger partial charge in [0.15, 0.2) is 0 Å². The van der Waals surface area contributed by atoms with Crippen molar-refractivity contribution < 1.29 is 0 Å². The number of nitrogens with one attached hydrogen (secondary N) is 2. The number of aromatic nitrogens is 2. The van der Waals surface area contributed by atoms with Crippen molar-refractivity contribution >= 4 is 0 Å². The van der Waals surface area contributed by atoms with E-state index in [1.54, 1.807) is 6.20 Å². The highest BCUT2D eigenvalue weighted by Gasteiger charge is 2.06. The van der Waals surface area contributed by atoms with E-state index in [0.29, 0.717) is 0 Å². The molecule has 0 amide bonds. The minimum absolute atomic E-state index is 0.280. The van der Waals surface area contributed by atoms with Crippen molar-refractivity contribution in [3.05, 3.63) is 53.3 Å². The van der Waals surface area contributed by atoms with Crippen molar-refractivity contribution in [2.75, 3.05) is 13.1 Å². The fraction of sp³-hybridized carbons (Fsp3) is 0.471. The Morgan fingerprint density at radius 1 is 1.10 bits per heavy atom. The first-order valence-electron chi connectivity index (χ1n) is 7.75. The molecule has 2 N–H and O–H groups in total. The van der Waals surface area contributed by atoms with E-state index in [0.717, 1.165) is 31.9 Å². The van der Waals surface area contributed by atoms with Crippen molar-refractivity contribution in [3.63, 3.8) is 0 Å². The van der Waals surface area contributed by atoms with E-state index in [1.165, 1.54) is 11.1 Å². The van der Waals surface area contributed by atoms with Crippen LogP contribution in [0.3, 0.4) is 0 Å². The molecule has 2 rings (SSSR count). The summed E-state index contributed by atoms with van der Waals surface area (Å²) in [6.45, 7) is 10.7. The van der Waals surface area contributed by atoms with Gasteiger partial charge in [0.2, 0.25) is 0 Å². The highest BCUT2D eigenvalue weighted by molar-refractivity contribution is 5.22. The average Bonchev–Trinajstić information content (AvgIpc) is 3.06. The Bertz CT molecular complexity index is 500. The maximum Gasteiger partial charge on any atom is 0.0518 e. The number of benzene rings is 1. The molecule has 1 aromatic carbocycles. The first-order valence-corrected chi connectivity index (χ1v) is 7.75. The predicted molar refractivity (Wildman–Crippen MR) is 86.9 cm³/mol. The van der Waals surface area contributed by atoms with E-state index in [1.807, 2.05) is 6.07 Å². The summed E-state index contributed by atoms with van der Waals surface area (Å²) < 4.78 is 0. The van der Waals surface area contributed by atoms with Gasteiger partial charge in [-0.3, -0.25) is 10.00 Å². The maximum atomic E-state index is 3.98. The Morgan fingerprint density at radius 2 is 1.76 bits per heavy atom. The second kappa shape index (κ2) is 7.96. The van der Waals surface area contributed by atoms with Crippen LogP contribution in [0.4, 0.5) is 0 Å². The zero-order valence-electron chi connectivity index (χ0n) is 13.3. The van der Waals surface area contributed by atoms with Crippen molar-refractivity contribution in [1.29, 1.82) is 0 Å². The molecule has 0 radical (unpaired) electrons. The van der Waals surface area contributed by atoms with Crippen LogP contribution < -0.4 is 5.32 Å². The summed E-state index contributed by atoms with van der Waals surface area (Å²) in [4.78, 5) is 2.42. The van der Waals surface area contributed by atoms with Crippen LogP contribution in [0.2, 0.25) is 0 Å². The van der Waals surface area contributed by atoms with Crippen LogP contribution in [-0.2, 0) is 13.1 Å². The molecule has 0 saturated carbocycles. The lowest BCUT2D eigenvalue weighted by molar-refractivity contribution is 0.296. The number of nitrogens with zero attached hydrogens (tertiary/aromatic N) is 2. The molecule has 0 saturated heterocycles. The third-order valence-corrected chi connectivity index (χ3v) is 3.92. The van der Waals surface area contributed by atoms with Gasteiger partial charge in [0, 0.05) is 25.3 Å². The van der Waals surface area contributed by atoms with Crippen LogP contribution >= 0.6 is 0 Å². The fourth-order valence-corrected chi connectivity index (χ4v) is 2.36. The molecule has 4 heteroatoms. The van der Waals surface area contributed by atoms with E-state index in [-0.39, 0.29) is 6.04 Å². The highest BCUT2D eigenvalue weighted by atomic mass is 15.1. The van der Waals surface area contributed by atoms with Gasteiger partial charge in [0.05, 0.1) is 5.69 Å². The van der Waals surface area contributed by atoms with Crippen LogP contribution in [0.5, 0.6) is 0 Å². The lowest BCUT2D eigenvalue weighted by atomic mass is 10.1. The van der Waals surface area contributed by atoms with Crippen LogP contribution in [0, 0.1) is 0 Å². The standard InChI is InChI=1S/C17H26N4/c1-4-21(5-2)13-16-8-6-15(7-9-16)12-18-14(3)17-10-11-19-20-17/h6-11,14,18H,4-5,12-13H2,1-3H3,(H,19,20). The quantitative estimate of drug-likeness (QED) is 0.783. The van der Waals surface area contributed by atoms with Crippen molar-refractivity contribution in [1.82, 2.24) is 20.4 Å². The zero-order chi connectivity index (χ0) is 15.1. The van der Waals surface area contributed by atoms with Gasteiger partial charge in [0.25, 0.3) is 0 Å². The molecule has 4 nitrogen and oxygen atoms in total. The van der Waals surface area contributed by atoms with Crippen molar-refractivity contribution in [3.8, 4) is 0 Å². The first-order chi connectivity index (χ1) is 10.2. The summed E-state index contributed by atoms with van der Waals surface area (Å²) in [7, 11) is 0. The molecule has 2 aromatic rings. The second-order valence-electron chi connectivity index (χ2n) is 5.39. The third kappa shape index (κ3) is 4.69. The number of hydrogen-bond donors (Lipinski definition) is 2. The summed E-state index contributed by atoms with van der Waals surface area (Å²) in [6.07, 6.45) is 1.79. The minimum atomic E-state index is 0.280. The maximum absolute atomic E-state index is 3.98. The molecule has 1 atom stereocenters. The average molecular weight is 286 g/mol. The van der Waals surface area contributed by atoms with Gasteiger partial charge in [0.1, 0.15) is 0 Å². The monoisotopic (exact) mass is 286 g/mol. The largest absolute Gasteiger partial charge is 0.305 e. The molecule has 1 aromatic heterocycles. The van der Waals surface area contributed by atoms with Gasteiger partial charge in [-0.05, 0) is 37.2 Å². The van der Waals surface area contributed by atoms with Gasteiger partial charge >= 0.3 is 0 Å². The molecular weight excluding hydrogens is 260 g/mol. The predicted octanol–water partition coefficient (Wildman–Crippen LogP) is 3.10. The Balaban J connectivity index is 1.85. The number of hydrogen-bond acceptors (Lipinski definition) is 3. The molecule has 0 bridgehead atoms. The molecular formula is C17H26N4. The van der Waals surface area contributed by atoms with Gasteiger partial charge in [-0.1, -0.05) is 38.1 Å². The second-order valence-corrected chi connectivity index (χ2v) is 5.39. The summed E-state index contributed by atoms with van der Waals surface area (Å²) in [5.74, 6) is 0. The van der Waals surface area contributed by atoms with Gasteiger partial charge in [-0.25, -0.2) is 0 Å². The first kappa shape index (κ1) is 15.7. The van der Waals surface area contributed by atoms with E-state index in [2.05, 4.69) is 65.5 Å². The number of H-pyrrole nitrogens is 1. The molecule has 1 unspecified atom stereocenters.